The van der Waals surface area contributed by atoms with Crippen LogP contribution in [0.2, 0.25) is 0 Å². The molecule has 1 amide bonds. The van der Waals surface area contributed by atoms with E-state index < -0.39 is 0 Å². The van der Waals surface area contributed by atoms with Crippen LogP contribution in [0, 0.1) is 5.92 Å². The third kappa shape index (κ3) is 1.86. The van der Waals surface area contributed by atoms with Crippen LogP contribution in [-0.4, -0.2) is 16.8 Å². The minimum Gasteiger partial charge on any atom is -0.333 e. The molecule has 0 aromatic heterocycles. The third-order valence-corrected chi connectivity index (χ3v) is 4.36. The van der Waals surface area contributed by atoms with E-state index in [-0.39, 0.29) is 6.04 Å². The first-order valence-corrected chi connectivity index (χ1v) is 6.62. The van der Waals surface area contributed by atoms with Crippen molar-refractivity contribution in [1.29, 1.82) is 0 Å². The summed E-state index contributed by atoms with van der Waals surface area (Å²) in [6.07, 6.45) is 4.44. The van der Waals surface area contributed by atoms with Gasteiger partial charge in [-0.1, -0.05) is 30.3 Å². The number of hydrogen-bond acceptors (Lipinski definition) is 1. The van der Waals surface area contributed by atoms with Crippen LogP contribution in [0.15, 0.2) is 30.3 Å². The largest absolute Gasteiger partial charge is 0.333 e. The molecule has 0 radical (unpaired) electrons. The van der Waals surface area contributed by atoms with E-state index in [2.05, 4.69) is 36.1 Å². The highest BCUT2D eigenvalue weighted by atomic mass is 16.2. The monoisotopic (exact) mass is 229 g/mol. The molecule has 1 aliphatic heterocycles. The maximum atomic E-state index is 12.2. The van der Waals surface area contributed by atoms with Gasteiger partial charge in [0.25, 0.3) is 0 Å². The van der Waals surface area contributed by atoms with Crippen molar-refractivity contribution < 1.29 is 4.79 Å². The van der Waals surface area contributed by atoms with E-state index in [0.717, 1.165) is 6.42 Å². The molecular weight excluding hydrogens is 210 g/mol. The number of amides is 1. The highest BCUT2D eigenvalue weighted by molar-refractivity contribution is 5.78. The van der Waals surface area contributed by atoms with Gasteiger partial charge in [-0.25, -0.2) is 0 Å². The normalized spacial score (nSPS) is 29.5. The number of piperidine rings is 1. The van der Waals surface area contributed by atoms with Gasteiger partial charge in [0.2, 0.25) is 5.91 Å². The third-order valence-electron chi connectivity index (χ3n) is 4.36. The Balaban J connectivity index is 1.85. The average molecular weight is 229 g/mol. The first kappa shape index (κ1) is 10.8. The van der Waals surface area contributed by atoms with Gasteiger partial charge < -0.3 is 4.90 Å². The summed E-state index contributed by atoms with van der Waals surface area (Å²) in [5.41, 5.74) is 1.26. The Morgan fingerprint density at radius 1 is 1.24 bits per heavy atom. The molecule has 0 spiro atoms. The average Bonchev–Trinajstić information content (AvgIpc) is 2.73. The van der Waals surface area contributed by atoms with E-state index in [0.29, 0.717) is 17.9 Å². The first-order valence-electron chi connectivity index (χ1n) is 6.62. The summed E-state index contributed by atoms with van der Waals surface area (Å²) in [4.78, 5) is 14.3. The van der Waals surface area contributed by atoms with Crippen molar-refractivity contribution in [3.8, 4) is 0 Å². The maximum absolute atomic E-state index is 12.2. The fraction of sp³-hybridized carbons (Fsp3) is 0.533. The Morgan fingerprint density at radius 2 is 2.00 bits per heavy atom. The Bertz CT molecular complexity index is 414. The lowest BCUT2D eigenvalue weighted by molar-refractivity contribution is -0.139. The highest BCUT2D eigenvalue weighted by Crippen LogP contribution is 2.40. The predicted molar refractivity (Wildman–Crippen MR) is 67.4 cm³/mol. The fourth-order valence-corrected chi connectivity index (χ4v) is 3.47. The summed E-state index contributed by atoms with van der Waals surface area (Å²) in [6.45, 7) is 2.16. The number of hydrogen-bond donors (Lipinski definition) is 0. The molecule has 1 aromatic rings. The molecule has 2 fully saturated rings. The van der Waals surface area contributed by atoms with Crippen LogP contribution in [0.5, 0.6) is 0 Å². The molecule has 2 heteroatoms. The number of rotatable bonds is 2. The zero-order chi connectivity index (χ0) is 11.8. The number of carbonyl (C=O) groups excluding carboxylic acids is 1. The lowest BCUT2D eigenvalue weighted by Crippen LogP contribution is -2.43. The van der Waals surface area contributed by atoms with Crippen molar-refractivity contribution in [2.24, 2.45) is 5.92 Å². The van der Waals surface area contributed by atoms with Crippen molar-refractivity contribution in [2.45, 2.75) is 44.7 Å². The predicted octanol–water partition coefficient (Wildman–Crippen LogP) is 3.15. The topological polar surface area (TPSA) is 20.3 Å². The molecule has 3 atom stereocenters. The van der Waals surface area contributed by atoms with Gasteiger partial charge in [0.1, 0.15) is 0 Å². The zero-order valence-electron chi connectivity index (χ0n) is 10.3. The van der Waals surface area contributed by atoms with Gasteiger partial charge in [0.05, 0.1) is 6.04 Å². The molecule has 1 saturated carbocycles. The SMILES string of the molecule is C[C@H](c1ccccc1)N1C(=O)CC2CCC1C2. The van der Waals surface area contributed by atoms with Crippen LogP contribution in [0.3, 0.4) is 0 Å². The number of likely N-dealkylation sites (tertiary alicyclic amines) is 1. The number of carbonyl (C=O) groups is 1. The fourth-order valence-electron chi connectivity index (χ4n) is 3.47. The summed E-state index contributed by atoms with van der Waals surface area (Å²) in [7, 11) is 0. The summed E-state index contributed by atoms with van der Waals surface area (Å²) in [5, 5.41) is 0. The lowest BCUT2D eigenvalue weighted by atomic mass is 9.95. The van der Waals surface area contributed by atoms with Gasteiger partial charge in [-0.05, 0) is 37.7 Å². The zero-order valence-corrected chi connectivity index (χ0v) is 10.3. The number of benzene rings is 1. The van der Waals surface area contributed by atoms with Crippen LogP contribution in [0.1, 0.15) is 44.2 Å². The summed E-state index contributed by atoms with van der Waals surface area (Å²) < 4.78 is 0. The van der Waals surface area contributed by atoms with Crippen molar-refractivity contribution in [1.82, 2.24) is 4.90 Å². The van der Waals surface area contributed by atoms with E-state index >= 15 is 0 Å². The molecule has 1 saturated heterocycles. The Kier molecular flexibility index (Phi) is 2.65. The molecule has 0 N–H and O–H groups in total. The molecular formula is C15H19NO. The van der Waals surface area contributed by atoms with Crippen molar-refractivity contribution in [2.75, 3.05) is 0 Å². The minimum absolute atomic E-state index is 0.229. The lowest BCUT2D eigenvalue weighted by Gasteiger charge is -2.38. The maximum Gasteiger partial charge on any atom is 0.223 e. The van der Waals surface area contributed by atoms with E-state index in [1.807, 2.05) is 6.07 Å². The molecule has 90 valence electrons. The minimum atomic E-state index is 0.229. The summed E-state index contributed by atoms with van der Waals surface area (Å²) in [5.74, 6) is 1.03. The van der Waals surface area contributed by atoms with Crippen molar-refractivity contribution in [3.05, 3.63) is 35.9 Å². The molecule has 2 aliphatic rings. The summed E-state index contributed by atoms with van der Waals surface area (Å²) in [6, 6.07) is 11.1. The van der Waals surface area contributed by atoms with Gasteiger partial charge in [-0.15, -0.1) is 0 Å². The molecule has 1 heterocycles. The van der Waals surface area contributed by atoms with Gasteiger partial charge in [-0.3, -0.25) is 4.79 Å². The Labute approximate surface area is 103 Å². The van der Waals surface area contributed by atoms with E-state index in [4.69, 9.17) is 0 Å². The molecule has 2 bridgehead atoms. The molecule has 1 aromatic carbocycles. The molecule has 3 rings (SSSR count). The first-order chi connectivity index (χ1) is 8.25. The van der Waals surface area contributed by atoms with E-state index in [1.54, 1.807) is 0 Å². The van der Waals surface area contributed by atoms with Crippen molar-refractivity contribution >= 4 is 5.91 Å². The van der Waals surface area contributed by atoms with Crippen LogP contribution in [0.25, 0.3) is 0 Å². The van der Waals surface area contributed by atoms with E-state index in [1.165, 1.54) is 24.8 Å². The van der Waals surface area contributed by atoms with Crippen LogP contribution in [-0.2, 0) is 4.79 Å². The van der Waals surface area contributed by atoms with Crippen LogP contribution < -0.4 is 0 Å². The second-order valence-electron chi connectivity index (χ2n) is 5.42. The summed E-state index contributed by atoms with van der Waals surface area (Å²) >= 11 is 0. The molecule has 2 unspecified atom stereocenters. The smallest absolute Gasteiger partial charge is 0.223 e. The van der Waals surface area contributed by atoms with Crippen molar-refractivity contribution in [3.63, 3.8) is 0 Å². The van der Waals surface area contributed by atoms with Gasteiger partial charge in [-0.2, -0.15) is 0 Å². The van der Waals surface area contributed by atoms with Gasteiger partial charge >= 0.3 is 0 Å². The molecule has 17 heavy (non-hydrogen) atoms. The van der Waals surface area contributed by atoms with Gasteiger partial charge in [0, 0.05) is 12.5 Å². The molecule has 2 nitrogen and oxygen atoms in total. The van der Waals surface area contributed by atoms with E-state index in [9.17, 15) is 4.79 Å². The van der Waals surface area contributed by atoms with Crippen LogP contribution >= 0.6 is 0 Å². The number of fused-ring (bicyclic) bond motifs is 2. The standard InChI is InChI=1S/C15H19NO/c1-11(13-5-3-2-4-6-13)16-14-8-7-12(9-14)10-15(16)17/h2-6,11-12,14H,7-10H2,1H3/t11-,12?,14?/m1/s1. The second kappa shape index (κ2) is 4.17. The second-order valence-corrected chi connectivity index (χ2v) is 5.42. The quantitative estimate of drug-likeness (QED) is 0.763. The number of nitrogens with zero attached hydrogens (tertiary/aromatic N) is 1. The van der Waals surface area contributed by atoms with Gasteiger partial charge in [0.15, 0.2) is 0 Å². The highest BCUT2D eigenvalue weighted by Gasteiger charge is 2.40. The Hall–Kier alpha value is -1.31. The Morgan fingerprint density at radius 3 is 2.76 bits per heavy atom. The van der Waals surface area contributed by atoms with Crippen LogP contribution in [0.4, 0.5) is 0 Å². The molecule has 1 aliphatic carbocycles.